The Balaban J connectivity index is 1.80. The van der Waals surface area contributed by atoms with Crippen LogP contribution >= 0.6 is 0 Å². The fraction of sp³-hybridized carbons (Fsp3) is 0.136. The van der Waals surface area contributed by atoms with Crippen LogP contribution < -0.4 is 15.4 Å². The van der Waals surface area contributed by atoms with E-state index >= 15 is 0 Å². The van der Waals surface area contributed by atoms with Gasteiger partial charge in [-0.2, -0.15) is 0 Å². The zero-order valence-corrected chi connectivity index (χ0v) is 15.9. The molecule has 0 aliphatic rings. The minimum Gasteiger partial charge on any atom is -0.495 e. The molecule has 3 aromatic rings. The highest BCUT2D eigenvalue weighted by atomic mass is 16.5. The van der Waals surface area contributed by atoms with Crippen molar-refractivity contribution in [2.75, 3.05) is 17.7 Å². The first-order chi connectivity index (χ1) is 13.5. The molecule has 0 aliphatic carbocycles. The number of rotatable bonds is 5. The van der Waals surface area contributed by atoms with Crippen molar-refractivity contribution in [3.63, 3.8) is 0 Å². The van der Waals surface area contributed by atoms with Crippen molar-refractivity contribution in [3.8, 4) is 5.75 Å². The molecule has 6 heteroatoms. The molecule has 28 heavy (non-hydrogen) atoms. The Morgan fingerprint density at radius 3 is 2.32 bits per heavy atom. The van der Waals surface area contributed by atoms with Gasteiger partial charge in [-0.3, -0.25) is 14.6 Å². The summed E-state index contributed by atoms with van der Waals surface area (Å²) in [5, 5.41) is 5.66. The van der Waals surface area contributed by atoms with Crippen molar-refractivity contribution in [2.24, 2.45) is 0 Å². The smallest absolute Gasteiger partial charge is 0.274 e. The first-order valence-corrected chi connectivity index (χ1v) is 8.77. The van der Waals surface area contributed by atoms with Gasteiger partial charge in [0.15, 0.2) is 0 Å². The molecule has 0 bridgehead atoms. The number of aromatic nitrogens is 1. The third-order valence-electron chi connectivity index (χ3n) is 4.33. The summed E-state index contributed by atoms with van der Waals surface area (Å²) in [6, 6.07) is 15.9. The Labute approximate surface area is 163 Å². The lowest BCUT2D eigenvalue weighted by Gasteiger charge is -2.12. The van der Waals surface area contributed by atoms with Gasteiger partial charge >= 0.3 is 0 Å². The molecule has 1 aromatic heterocycles. The molecule has 0 atom stereocenters. The van der Waals surface area contributed by atoms with Crippen LogP contribution in [0.4, 0.5) is 11.4 Å². The first-order valence-electron chi connectivity index (χ1n) is 8.77. The molecular weight excluding hydrogens is 354 g/mol. The average molecular weight is 375 g/mol. The molecular formula is C22H21N3O3. The van der Waals surface area contributed by atoms with Crippen LogP contribution in [-0.2, 0) is 0 Å². The lowest BCUT2D eigenvalue weighted by atomic mass is 10.1. The van der Waals surface area contributed by atoms with Gasteiger partial charge in [0.2, 0.25) is 0 Å². The molecule has 0 unspecified atom stereocenters. The number of benzene rings is 2. The van der Waals surface area contributed by atoms with Crippen LogP contribution in [0.25, 0.3) is 0 Å². The quantitative estimate of drug-likeness (QED) is 0.700. The highest BCUT2D eigenvalue weighted by molar-refractivity contribution is 6.08. The van der Waals surface area contributed by atoms with E-state index in [1.54, 1.807) is 24.3 Å². The van der Waals surface area contributed by atoms with E-state index in [9.17, 15) is 9.59 Å². The number of carbonyl (C=O) groups excluding carboxylic acids is 2. The summed E-state index contributed by atoms with van der Waals surface area (Å²) in [5.74, 6) is -0.171. The molecule has 0 spiro atoms. The predicted molar refractivity (Wildman–Crippen MR) is 109 cm³/mol. The summed E-state index contributed by atoms with van der Waals surface area (Å²) >= 11 is 0. The number of para-hydroxylation sites is 3. The van der Waals surface area contributed by atoms with Gasteiger partial charge in [-0.05, 0) is 49.2 Å². The van der Waals surface area contributed by atoms with Crippen LogP contribution in [0.1, 0.15) is 32.0 Å². The number of hydrogen-bond donors (Lipinski definition) is 2. The van der Waals surface area contributed by atoms with Crippen LogP contribution in [0, 0.1) is 13.8 Å². The second kappa shape index (κ2) is 8.35. The lowest BCUT2D eigenvalue weighted by Crippen LogP contribution is -2.18. The fourth-order valence-electron chi connectivity index (χ4n) is 2.83. The predicted octanol–water partition coefficient (Wildman–Crippen LogP) is 4.21. The molecule has 2 aromatic carbocycles. The number of ether oxygens (including phenoxy) is 1. The summed E-state index contributed by atoms with van der Waals surface area (Å²) in [6.45, 7) is 3.85. The normalized spacial score (nSPS) is 10.2. The first kappa shape index (κ1) is 19.1. The maximum absolute atomic E-state index is 12.6. The van der Waals surface area contributed by atoms with Crippen LogP contribution in [-0.4, -0.2) is 23.9 Å². The Kier molecular flexibility index (Phi) is 5.69. The van der Waals surface area contributed by atoms with E-state index < -0.39 is 0 Å². The molecule has 6 nitrogen and oxygen atoms in total. The Bertz CT molecular complexity index is 1010. The van der Waals surface area contributed by atoms with E-state index in [4.69, 9.17) is 4.74 Å². The van der Waals surface area contributed by atoms with Crippen molar-refractivity contribution in [2.45, 2.75) is 13.8 Å². The third kappa shape index (κ3) is 4.17. The summed E-state index contributed by atoms with van der Waals surface area (Å²) in [6.07, 6.45) is 1.44. The van der Waals surface area contributed by atoms with Gasteiger partial charge in [-0.1, -0.05) is 30.3 Å². The van der Waals surface area contributed by atoms with Crippen LogP contribution in [0.15, 0.2) is 60.8 Å². The zero-order valence-electron chi connectivity index (χ0n) is 15.9. The molecule has 0 fully saturated rings. The molecule has 2 amide bonds. The van der Waals surface area contributed by atoms with Gasteiger partial charge < -0.3 is 15.4 Å². The van der Waals surface area contributed by atoms with Crippen LogP contribution in [0.2, 0.25) is 0 Å². The number of nitrogens with one attached hydrogen (secondary N) is 2. The molecule has 3 rings (SSSR count). The van der Waals surface area contributed by atoms with Gasteiger partial charge in [-0.15, -0.1) is 0 Å². The van der Waals surface area contributed by atoms with Crippen molar-refractivity contribution in [3.05, 3.63) is 83.2 Å². The number of anilines is 2. The van der Waals surface area contributed by atoms with Crippen molar-refractivity contribution < 1.29 is 14.3 Å². The summed E-state index contributed by atoms with van der Waals surface area (Å²) < 4.78 is 5.24. The fourth-order valence-corrected chi connectivity index (χ4v) is 2.83. The van der Waals surface area contributed by atoms with Crippen molar-refractivity contribution in [1.29, 1.82) is 0 Å². The standard InChI is InChI=1S/C22H21N3O3/c1-14-7-6-8-15(2)20(14)25-22(27)18-13-16(11-12-23-18)21(26)24-17-9-4-5-10-19(17)28-3/h4-13H,1-3H3,(H,24,26)(H,25,27). The second-order valence-corrected chi connectivity index (χ2v) is 6.31. The Hall–Kier alpha value is -3.67. The highest BCUT2D eigenvalue weighted by Crippen LogP contribution is 2.24. The number of carbonyl (C=O) groups is 2. The number of hydrogen-bond acceptors (Lipinski definition) is 4. The van der Waals surface area contributed by atoms with Gasteiger partial charge in [0.05, 0.1) is 12.8 Å². The molecule has 1 heterocycles. The molecule has 0 aliphatic heterocycles. The topological polar surface area (TPSA) is 80.3 Å². The maximum atomic E-state index is 12.6. The minimum absolute atomic E-state index is 0.162. The van der Waals surface area contributed by atoms with E-state index in [0.29, 0.717) is 17.0 Å². The Morgan fingerprint density at radius 2 is 1.61 bits per heavy atom. The summed E-state index contributed by atoms with van der Waals surface area (Å²) in [5.41, 5.74) is 3.70. The number of methoxy groups -OCH3 is 1. The maximum Gasteiger partial charge on any atom is 0.274 e. The minimum atomic E-state index is -0.371. The number of nitrogens with zero attached hydrogens (tertiary/aromatic N) is 1. The van der Waals surface area contributed by atoms with Crippen LogP contribution in [0.5, 0.6) is 5.75 Å². The van der Waals surface area contributed by atoms with Gasteiger partial charge in [0.25, 0.3) is 11.8 Å². The largest absolute Gasteiger partial charge is 0.495 e. The Morgan fingerprint density at radius 1 is 0.893 bits per heavy atom. The lowest BCUT2D eigenvalue weighted by molar-refractivity contribution is 0.102. The van der Waals surface area contributed by atoms with Crippen LogP contribution in [0.3, 0.4) is 0 Å². The number of aryl methyl sites for hydroxylation is 2. The third-order valence-corrected chi connectivity index (χ3v) is 4.33. The molecule has 0 saturated carbocycles. The number of amides is 2. The van der Waals surface area contributed by atoms with Gasteiger partial charge in [-0.25, -0.2) is 0 Å². The summed E-state index contributed by atoms with van der Waals surface area (Å²) in [7, 11) is 1.54. The second-order valence-electron chi connectivity index (χ2n) is 6.31. The van der Waals surface area contributed by atoms with Crippen molar-refractivity contribution >= 4 is 23.2 Å². The van der Waals surface area contributed by atoms with E-state index in [0.717, 1.165) is 16.8 Å². The molecule has 142 valence electrons. The molecule has 0 saturated heterocycles. The van der Waals surface area contributed by atoms with Crippen molar-refractivity contribution in [1.82, 2.24) is 4.98 Å². The van der Waals surface area contributed by atoms with E-state index in [-0.39, 0.29) is 17.5 Å². The van der Waals surface area contributed by atoms with E-state index in [1.165, 1.54) is 19.4 Å². The highest BCUT2D eigenvalue weighted by Gasteiger charge is 2.15. The summed E-state index contributed by atoms with van der Waals surface area (Å²) in [4.78, 5) is 29.3. The monoisotopic (exact) mass is 375 g/mol. The molecule has 0 radical (unpaired) electrons. The SMILES string of the molecule is COc1ccccc1NC(=O)c1ccnc(C(=O)Nc2c(C)cccc2C)c1. The molecule has 2 N–H and O–H groups in total. The zero-order chi connectivity index (χ0) is 20.1. The van der Waals surface area contributed by atoms with Gasteiger partial charge in [0, 0.05) is 17.4 Å². The average Bonchev–Trinajstić information content (AvgIpc) is 2.71. The number of pyridine rings is 1. The van der Waals surface area contributed by atoms with Gasteiger partial charge in [0.1, 0.15) is 11.4 Å². The van der Waals surface area contributed by atoms with E-state index in [1.807, 2.05) is 38.1 Å². The van der Waals surface area contributed by atoms with E-state index in [2.05, 4.69) is 15.6 Å².